The number of nitrogens with zero attached hydrogens (tertiary/aromatic N) is 2. The Hall–Kier alpha value is -2.50. The molecule has 0 atom stereocenters. The molecule has 6 heteroatoms. The maximum atomic E-state index is 11.9. The third-order valence-corrected chi connectivity index (χ3v) is 3.17. The summed E-state index contributed by atoms with van der Waals surface area (Å²) in [5.74, 6) is -0.819. The van der Waals surface area contributed by atoms with E-state index in [1.165, 1.54) is 18.2 Å². The highest BCUT2D eigenvalue weighted by Crippen LogP contribution is 2.24. The lowest BCUT2D eigenvalue weighted by molar-refractivity contribution is 0.0952. The molecule has 6 nitrogen and oxygen atoms in total. The van der Waals surface area contributed by atoms with Crippen LogP contribution >= 0.6 is 0 Å². The van der Waals surface area contributed by atoms with Gasteiger partial charge in [-0.1, -0.05) is 0 Å². The Morgan fingerprint density at radius 3 is 2.62 bits per heavy atom. The molecule has 0 saturated carbocycles. The maximum Gasteiger partial charge on any atom is 0.251 e. The van der Waals surface area contributed by atoms with Gasteiger partial charge in [-0.25, -0.2) is 0 Å². The van der Waals surface area contributed by atoms with Crippen molar-refractivity contribution in [1.82, 2.24) is 15.1 Å². The summed E-state index contributed by atoms with van der Waals surface area (Å²) in [6.07, 6.45) is 0.762. The molecule has 0 fully saturated rings. The lowest BCUT2D eigenvalue weighted by Gasteiger charge is -2.07. The van der Waals surface area contributed by atoms with E-state index < -0.39 is 0 Å². The van der Waals surface area contributed by atoms with Gasteiger partial charge in [0.15, 0.2) is 11.5 Å². The number of hydrogen-bond acceptors (Lipinski definition) is 4. The molecule has 0 spiro atoms. The monoisotopic (exact) mass is 289 g/mol. The molecule has 0 aliphatic carbocycles. The third kappa shape index (κ3) is 3.75. The minimum absolute atomic E-state index is 0.240. The number of carbonyl (C=O) groups excluding carboxylic acids is 1. The highest BCUT2D eigenvalue weighted by molar-refractivity contribution is 5.94. The van der Waals surface area contributed by atoms with Gasteiger partial charge in [0.1, 0.15) is 0 Å². The minimum Gasteiger partial charge on any atom is -0.504 e. The van der Waals surface area contributed by atoms with Gasteiger partial charge in [-0.05, 0) is 44.5 Å². The molecule has 1 aromatic carbocycles. The van der Waals surface area contributed by atoms with Crippen molar-refractivity contribution in [2.75, 3.05) is 6.54 Å². The number of aromatic hydroxyl groups is 2. The Kier molecular flexibility index (Phi) is 4.47. The quantitative estimate of drug-likeness (QED) is 0.578. The van der Waals surface area contributed by atoms with E-state index in [9.17, 15) is 15.0 Å². The maximum absolute atomic E-state index is 11.9. The summed E-state index contributed by atoms with van der Waals surface area (Å²) in [5.41, 5.74) is 2.40. The first-order valence-electron chi connectivity index (χ1n) is 6.78. The Bertz CT molecular complexity index is 650. The molecule has 2 aromatic rings. The second-order valence-electron chi connectivity index (χ2n) is 4.96. The van der Waals surface area contributed by atoms with E-state index in [4.69, 9.17) is 0 Å². The van der Waals surface area contributed by atoms with Crippen molar-refractivity contribution < 1.29 is 15.0 Å². The fourth-order valence-corrected chi connectivity index (χ4v) is 2.10. The molecule has 1 amide bonds. The number of phenols is 2. The SMILES string of the molecule is Cc1cc(C)n(CCCNC(=O)c2ccc(O)c(O)c2)n1. The van der Waals surface area contributed by atoms with E-state index in [1.54, 1.807) is 0 Å². The lowest BCUT2D eigenvalue weighted by Crippen LogP contribution is -2.25. The molecule has 1 heterocycles. The lowest BCUT2D eigenvalue weighted by atomic mass is 10.2. The smallest absolute Gasteiger partial charge is 0.251 e. The van der Waals surface area contributed by atoms with Crippen LogP contribution in [0.4, 0.5) is 0 Å². The molecular formula is C15H19N3O3. The van der Waals surface area contributed by atoms with Gasteiger partial charge in [0.2, 0.25) is 0 Å². The van der Waals surface area contributed by atoms with Crippen LogP contribution in [0.1, 0.15) is 28.2 Å². The fourth-order valence-electron chi connectivity index (χ4n) is 2.10. The van der Waals surface area contributed by atoms with Gasteiger partial charge in [0, 0.05) is 24.3 Å². The Morgan fingerprint density at radius 1 is 1.24 bits per heavy atom. The van der Waals surface area contributed by atoms with Gasteiger partial charge in [-0.2, -0.15) is 5.10 Å². The number of aryl methyl sites for hydroxylation is 3. The highest BCUT2D eigenvalue weighted by Gasteiger charge is 2.08. The first-order chi connectivity index (χ1) is 9.97. The van der Waals surface area contributed by atoms with E-state index in [1.807, 2.05) is 24.6 Å². The molecule has 0 radical (unpaired) electrons. The first kappa shape index (κ1) is 14.9. The Labute approximate surface area is 123 Å². The van der Waals surface area contributed by atoms with Gasteiger partial charge in [-0.3, -0.25) is 9.48 Å². The predicted molar refractivity (Wildman–Crippen MR) is 78.4 cm³/mol. The van der Waals surface area contributed by atoms with Crippen molar-refractivity contribution in [3.63, 3.8) is 0 Å². The molecular weight excluding hydrogens is 270 g/mol. The van der Waals surface area contributed by atoms with Crippen molar-refractivity contribution in [2.24, 2.45) is 0 Å². The standard InChI is InChI=1S/C15H19N3O3/c1-10-8-11(2)18(17-10)7-3-6-16-15(21)12-4-5-13(19)14(20)9-12/h4-5,8-9,19-20H,3,6-7H2,1-2H3,(H,16,21). The van der Waals surface area contributed by atoms with Crippen molar-refractivity contribution >= 4 is 5.91 Å². The molecule has 21 heavy (non-hydrogen) atoms. The second kappa shape index (κ2) is 6.30. The summed E-state index contributed by atoms with van der Waals surface area (Å²) in [6.45, 7) is 5.19. The fraction of sp³-hybridized carbons (Fsp3) is 0.333. The van der Waals surface area contributed by atoms with Crippen LogP contribution in [0.5, 0.6) is 11.5 Å². The van der Waals surface area contributed by atoms with E-state index in [0.29, 0.717) is 12.1 Å². The molecule has 0 aliphatic heterocycles. The summed E-state index contributed by atoms with van der Waals surface area (Å²) < 4.78 is 1.91. The molecule has 0 bridgehead atoms. The number of phenolic OH excluding ortho intramolecular Hbond substituents is 2. The zero-order valence-electron chi connectivity index (χ0n) is 12.1. The third-order valence-electron chi connectivity index (χ3n) is 3.17. The largest absolute Gasteiger partial charge is 0.504 e. The number of nitrogens with one attached hydrogen (secondary N) is 1. The number of hydrogen-bond donors (Lipinski definition) is 3. The molecule has 2 rings (SSSR count). The van der Waals surface area contributed by atoms with Gasteiger partial charge in [0.05, 0.1) is 5.69 Å². The van der Waals surface area contributed by atoms with Crippen molar-refractivity contribution in [1.29, 1.82) is 0 Å². The van der Waals surface area contributed by atoms with Crippen molar-refractivity contribution in [3.8, 4) is 11.5 Å². The van der Waals surface area contributed by atoms with E-state index in [2.05, 4.69) is 10.4 Å². The minimum atomic E-state index is -0.301. The Balaban J connectivity index is 1.81. The van der Waals surface area contributed by atoms with Crippen LogP contribution < -0.4 is 5.32 Å². The zero-order valence-corrected chi connectivity index (χ0v) is 12.1. The molecule has 1 aromatic heterocycles. The Morgan fingerprint density at radius 2 is 2.00 bits per heavy atom. The number of rotatable bonds is 5. The molecule has 0 aliphatic rings. The van der Waals surface area contributed by atoms with Crippen LogP contribution in [0.15, 0.2) is 24.3 Å². The summed E-state index contributed by atoms with van der Waals surface area (Å²) in [5, 5.41) is 25.7. The van der Waals surface area contributed by atoms with E-state index >= 15 is 0 Å². The van der Waals surface area contributed by atoms with Gasteiger partial charge in [-0.15, -0.1) is 0 Å². The zero-order chi connectivity index (χ0) is 15.4. The number of aromatic nitrogens is 2. The second-order valence-corrected chi connectivity index (χ2v) is 4.96. The average Bonchev–Trinajstić information content (AvgIpc) is 2.76. The molecule has 112 valence electrons. The summed E-state index contributed by atoms with van der Waals surface area (Å²) in [6, 6.07) is 6.01. The van der Waals surface area contributed by atoms with Crippen LogP contribution in [-0.4, -0.2) is 32.4 Å². The topological polar surface area (TPSA) is 87.4 Å². The van der Waals surface area contributed by atoms with Crippen LogP contribution in [0.2, 0.25) is 0 Å². The molecule has 0 saturated heterocycles. The van der Waals surface area contributed by atoms with Crippen LogP contribution in [0, 0.1) is 13.8 Å². The highest BCUT2D eigenvalue weighted by atomic mass is 16.3. The number of benzene rings is 1. The van der Waals surface area contributed by atoms with Gasteiger partial charge >= 0.3 is 0 Å². The normalized spacial score (nSPS) is 10.6. The van der Waals surface area contributed by atoms with Crippen LogP contribution in [-0.2, 0) is 6.54 Å². The summed E-state index contributed by atoms with van der Waals surface area (Å²) >= 11 is 0. The van der Waals surface area contributed by atoms with Crippen LogP contribution in [0.3, 0.4) is 0 Å². The van der Waals surface area contributed by atoms with Crippen molar-refractivity contribution in [3.05, 3.63) is 41.2 Å². The molecule has 0 unspecified atom stereocenters. The number of carbonyl (C=O) groups is 1. The predicted octanol–water partition coefficient (Wildman–Crippen LogP) is 1.73. The van der Waals surface area contributed by atoms with Crippen LogP contribution in [0.25, 0.3) is 0 Å². The van der Waals surface area contributed by atoms with E-state index in [-0.39, 0.29) is 17.4 Å². The van der Waals surface area contributed by atoms with Gasteiger partial charge in [0.25, 0.3) is 5.91 Å². The van der Waals surface area contributed by atoms with Crippen molar-refractivity contribution in [2.45, 2.75) is 26.8 Å². The van der Waals surface area contributed by atoms with E-state index in [0.717, 1.165) is 24.4 Å². The first-order valence-corrected chi connectivity index (χ1v) is 6.78. The van der Waals surface area contributed by atoms with Gasteiger partial charge < -0.3 is 15.5 Å². The average molecular weight is 289 g/mol. The number of amides is 1. The molecule has 3 N–H and O–H groups in total. The summed E-state index contributed by atoms with van der Waals surface area (Å²) in [4.78, 5) is 11.9. The summed E-state index contributed by atoms with van der Waals surface area (Å²) in [7, 11) is 0.